The molecular formula is C11H25N3O2. The summed E-state index contributed by atoms with van der Waals surface area (Å²) in [6.07, 6.45) is 1.53. The summed E-state index contributed by atoms with van der Waals surface area (Å²) in [5.74, 6) is 0. The molecule has 0 saturated carbocycles. The van der Waals surface area contributed by atoms with Gasteiger partial charge in [0.1, 0.15) is 0 Å². The second-order valence-corrected chi connectivity index (χ2v) is 4.59. The fourth-order valence-corrected chi connectivity index (χ4v) is 1.86. The molecule has 96 valence electrons. The molecule has 1 heterocycles. The van der Waals surface area contributed by atoms with E-state index < -0.39 is 0 Å². The molecule has 5 heteroatoms. The van der Waals surface area contributed by atoms with E-state index in [-0.39, 0.29) is 12.2 Å². The zero-order valence-electron chi connectivity index (χ0n) is 10.1. The van der Waals surface area contributed by atoms with Crippen molar-refractivity contribution >= 4 is 0 Å². The Morgan fingerprint density at radius 2 is 1.88 bits per heavy atom. The van der Waals surface area contributed by atoms with Crippen LogP contribution in [-0.4, -0.2) is 61.2 Å². The zero-order chi connectivity index (χ0) is 11.8. The number of rotatable bonds is 7. The maximum absolute atomic E-state index is 9.67. The molecule has 1 rings (SSSR count). The third-order valence-corrected chi connectivity index (χ3v) is 2.80. The molecule has 1 saturated heterocycles. The topological polar surface area (TPSA) is 76.5 Å². The second kappa shape index (κ2) is 7.97. The van der Waals surface area contributed by atoms with Gasteiger partial charge in [-0.2, -0.15) is 0 Å². The third kappa shape index (κ3) is 6.40. The first-order valence-corrected chi connectivity index (χ1v) is 6.19. The van der Waals surface area contributed by atoms with E-state index in [9.17, 15) is 5.11 Å². The van der Waals surface area contributed by atoms with Crippen LogP contribution in [-0.2, 0) is 0 Å². The van der Waals surface area contributed by atoms with E-state index in [4.69, 9.17) is 5.11 Å². The summed E-state index contributed by atoms with van der Waals surface area (Å²) >= 11 is 0. The van der Waals surface area contributed by atoms with E-state index in [0.717, 1.165) is 25.9 Å². The maximum atomic E-state index is 9.67. The summed E-state index contributed by atoms with van der Waals surface area (Å²) in [6.45, 7) is 5.54. The molecule has 0 aromatic rings. The van der Waals surface area contributed by atoms with Crippen molar-refractivity contribution in [2.45, 2.75) is 38.0 Å². The van der Waals surface area contributed by atoms with Gasteiger partial charge in [-0.1, -0.05) is 0 Å². The van der Waals surface area contributed by atoms with Gasteiger partial charge in [-0.25, -0.2) is 0 Å². The molecule has 0 spiro atoms. The number of hydrogen-bond acceptors (Lipinski definition) is 5. The van der Waals surface area contributed by atoms with Gasteiger partial charge in [-0.05, 0) is 32.9 Å². The molecule has 0 amide bonds. The fourth-order valence-electron chi connectivity index (χ4n) is 1.86. The Balaban J connectivity index is 1.98. The van der Waals surface area contributed by atoms with Crippen molar-refractivity contribution in [3.8, 4) is 0 Å². The molecule has 0 aromatic heterocycles. The summed E-state index contributed by atoms with van der Waals surface area (Å²) in [5.41, 5.74) is 0. The van der Waals surface area contributed by atoms with Gasteiger partial charge in [0.05, 0.1) is 12.2 Å². The van der Waals surface area contributed by atoms with E-state index in [0.29, 0.717) is 25.7 Å². The number of piperidine rings is 1. The highest BCUT2D eigenvalue weighted by Crippen LogP contribution is 2.01. The minimum atomic E-state index is -0.381. The zero-order valence-corrected chi connectivity index (χ0v) is 10.1. The number of nitrogens with one attached hydrogen (secondary N) is 3. The van der Waals surface area contributed by atoms with Crippen LogP contribution in [0.2, 0.25) is 0 Å². The highest BCUT2D eigenvalue weighted by Gasteiger charge is 2.13. The summed E-state index contributed by atoms with van der Waals surface area (Å²) < 4.78 is 0. The third-order valence-electron chi connectivity index (χ3n) is 2.80. The molecule has 2 atom stereocenters. The van der Waals surface area contributed by atoms with Gasteiger partial charge < -0.3 is 26.2 Å². The monoisotopic (exact) mass is 231 g/mol. The first-order valence-electron chi connectivity index (χ1n) is 6.19. The summed E-state index contributed by atoms with van der Waals surface area (Å²) in [7, 11) is 0. The van der Waals surface area contributed by atoms with E-state index in [2.05, 4.69) is 16.0 Å². The molecule has 5 N–H and O–H groups in total. The summed E-state index contributed by atoms with van der Waals surface area (Å²) in [4.78, 5) is 0. The van der Waals surface area contributed by atoms with Gasteiger partial charge in [0.2, 0.25) is 0 Å². The Hall–Kier alpha value is -0.200. The summed E-state index contributed by atoms with van der Waals surface area (Å²) in [5, 5.41) is 28.4. The quantitative estimate of drug-likeness (QED) is 0.375. The highest BCUT2D eigenvalue weighted by atomic mass is 16.3. The lowest BCUT2D eigenvalue weighted by Gasteiger charge is -2.25. The van der Waals surface area contributed by atoms with E-state index in [1.165, 1.54) is 0 Å². The van der Waals surface area contributed by atoms with Crippen LogP contribution < -0.4 is 16.0 Å². The summed E-state index contributed by atoms with van der Waals surface area (Å²) in [6, 6.07) is 0.535. The predicted octanol–water partition coefficient (Wildman–Crippen LogP) is -1.34. The van der Waals surface area contributed by atoms with Crippen LogP contribution in [0.3, 0.4) is 0 Å². The van der Waals surface area contributed by atoms with Gasteiger partial charge in [0.25, 0.3) is 0 Å². The van der Waals surface area contributed by atoms with Crippen molar-refractivity contribution in [2.24, 2.45) is 0 Å². The maximum Gasteiger partial charge on any atom is 0.0788 e. The average molecular weight is 231 g/mol. The van der Waals surface area contributed by atoms with Crippen LogP contribution in [0.25, 0.3) is 0 Å². The lowest BCUT2D eigenvalue weighted by atomic mass is 10.1. The fraction of sp³-hybridized carbons (Fsp3) is 1.00. The molecule has 2 unspecified atom stereocenters. The number of aliphatic hydroxyl groups is 2. The minimum Gasteiger partial charge on any atom is -0.392 e. The molecule has 0 radical (unpaired) electrons. The SMILES string of the molecule is CC(O)CNCC(O)CNC1CCNCC1. The van der Waals surface area contributed by atoms with Crippen LogP contribution in [0.15, 0.2) is 0 Å². The first-order chi connectivity index (χ1) is 7.68. The molecular weight excluding hydrogens is 206 g/mol. The van der Waals surface area contributed by atoms with Crippen LogP contribution in [0.4, 0.5) is 0 Å². The van der Waals surface area contributed by atoms with Gasteiger partial charge in [0.15, 0.2) is 0 Å². The minimum absolute atomic E-state index is 0.357. The Bertz CT molecular complexity index is 173. The highest BCUT2D eigenvalue weighted by molar-refractivity contribution is 4.76. The van der Waals surface area contributed by atoms with E-state index in [1.807, 2.05) is 0 Å². The first kappa shape index (κ1) is 13.9. The van der Waals surface area contributed by atoms with Crippen molar-refractivity contribution in [3.05, 3.63) is 0 Å². The van der Waals surface area contributed by atoms with Crippen LogP contribution in [0, 0.1) is 0 Å². The van der Waals surface area contributed by atoms with Crippen molar-refractivity contribution in [2.75, 3.05) is 32.7 Å². The van der Waals surface area contributed by atoms with Gasteiger partial charge >= 0.3 is 0 Å². The largest absolute Gasteiger partial charge is 0.392 e. The lowest BCUT2D eigenvalue weighted by molar-refractivity contribution is 0.146. The molecule has 5 nitrogen and oxygen atoms in total. The van der Waals surface area contributed by atoms with Gasteiger partial charge in [-0.15, -0.1) is 0 Å². The molecule has 16 heavy (non-hydrogen) atoms. The van der Waals surface area contributed by atoms with E-state index >= 15 is 0 Å². The van der Waals surface area contributed by atoms with Crippen LogP contribution in [0.1, 0.15) is 19.8 Å². The van der Waals surface area contributed by atoms with Crippen LogP contribution >= 0.6 is 0 Å². The van der Waals surface area contributed by atoms with Crippen molar-refractivity contribution in [1.82, 2.24) is 16.0 Å². The number of aliphatic hydroxyl groups excluding tert-OH is 2. The Kier molecular flexibility index (Phi) is 6.91. The molecule has 1 fully saturated rings. The molecule has 0 bridgehead atoms. The predicted molar refractivity (Wildman–Crippen MR) is 64.5 cm³/mol. The number of hydrogen-bond donors (Lipinski definition) is 5. The van der Waals surface area contributed by atoms with Gasteiger partial charge in [-0.3, -0.25) is 0 Å². The molecule has 1 aliphatic rings. The molecule has 0 aliphatic carbocycles. The average Bonchev–Trinajstić information content (AvgIpc) is 2.27. The standard InChI is InChI=1S/C11H25N3O2/c1-9(15)6-13-7-11(16)8-14-10-2-4-12-5-3-10/h9-16H,2-8H2,1H3. The Labute approximate surface area is 97.6 Å². The smallest absolute Gasteiger partial charge is 0.0788 e. The van der Waals surface area contributed by atoms with Crippen molar-refractivity contribution < 1.29 is 10.2 Å². The van der Waals surface area contributed by atoms with Crippen molar-refractivity contribution in [3.63, 3.8) is 0 Å². The van der Waals surface area contributed by atoms with Gasteiger partial charge in [0, 0.05) is 25.7 Å². The molecule has 0 aromatic carbocycles. The molecule has 1 aliphatic heterocycles. The Morgan fingerprint density at radius 1 is 1.19 bits per heavy atom. The lowest BCUT2D eigenvalue weighted by Crippen LogP contribution is -2.45. The Morgan fingerprint density at radius 3 is 2.50 bits per heavy atom. The van der Waals surface area contributed by atoms with Crippen molar-refractivity contribution in [1.29, 1.82) is 0 Å². The van der Waals surface area contributed by atoms with Crippen LogP contribution in [0.5, 0.6) is 0 Å². The normalized spacial score (nSPS) is 21.9. The second-order valence-electron chi connectivity index (χ2n) is 4.59. The van der Waals surface area contributed by atoms with E-state index in [1.54, 1.807) is 6.92 Å².